The lowest BCUT2D eigenvalue weighted by Crippen LogP contribution is -2.37. The molecule has 0 amide bonds. The molecule has 0 saturated heterocycles. The van der Waals surface area contributed by atoms with Crippen LogP contribution in [-0.2, 0) is 9.53 Å². The third kappa shape index (κ3) is 2.66. The molecule has 0 aromatic carbocycles. The molecule has 1 heterocycles. The van der Waals surface area contributed by atoms with Gasteiger partial charge in [-0.2, -0.15) is 0 Å². The van der Waals surface area contributed by atoms with Gasteiger partial charge >= 0.3 is 5.97 Å². The molecule has 2 atom stereocenters. The van der Waals surface area contributed by atoms with Gasteiger partial charge in [-0.25, -0.2) is 4.79 Å². The van der Waals surface area contributed by atoms with Gasteiger partial charge in [0.25, 0.3) is 0 Å². The van der Waals surface area contributed by atoms with Gasteiger partial charge in [0.1, 0.15) is 6.61 Å². The Kier molecular flexibility index (Phi) is 3.99. The van der Waals surface area contributed by atoms with Crippen molar-refractivity contribution in [3.8, 4) is 0 Å². The van der Waals surface area contributed by atoms with Crippen LogP contribution >= 0.6 is 0 Å². The molecule has 3 aliphatic rings. The summed E-state index contributed by atoms with van der Waals surface area (Å²) in [5.41, 5.74) is 5.39. The molecule has 0 saturated carbocycles. The van der Waals surface area contributed by atoms with Crippen LogP contribution in [-0.4, -0.2) is 12.6 Å². The fourth-order valence-electron chi connectivity index (χ4n) is 4.89. The molecule has 2 heteroatoms. The third-order valence-corrected chi connectivity index (χ3v) is 6.70. The molecule has 0 fully saturated rings. The smallest absolute Gasteiger partial charge is 0.331 e. The highest BCUT2D eigenvalue weighted by Crippen LogP contribution is 2.56. The quantitative estimate of drug-likeness (QED) is 0.529. The van der Waals surface area contributed by atoms with E-state index in [1.54, 1.807) is 17.2 Å². The average Bonchev–Trinajstić information content (AvgIpc) is 2.87. The molecule has 3 rings (SSSR count). The van der Waals surface area contributed by atoms with Crippen LogP contribution < -0.4 is 0 Å². The number of hydrogen-bond donors (Lipinski definition) is 0. The van der Waals surface area contributed by atoms with Crippen molar-refractivity contribution in [3.63, 3.8) is 0 Å². The fourth-order valence-corrected chi connectivity index (χ4v) is 4.89. The normalized spacial score (nSPS) is 34.3. The summed E-state index contributed by atoms with van der Waals surface area (Å²) in [5.74, 6) is 0.578. The number of esters is 1. The summed E-state index contributed by atoms with van der Waals surface area (Å²) in [6.07, 6.45) is 10.4. The van der Waals surface area contributed by atoms with Crippen molar-refractivity contribution in [2.75, 3.05) is 6.61 Å². The van der Waals surface area contributed by atoms with Gasteiger partial charge in [-0.15, -0.1) is 0 Å². The SMILES string of the molecule is CC1CCC2=C(CCCC2(C)C)C1(C)CCC1=CC(=O)OC1. The van der Waals surface area contributed by atoms with Crippen LogP contribution in [0.1, 0.15) is 72.6 Å². The zero-order valence-corrected chi connectivity index (χ0v) is 14.6. The van der Waals surface area contributed by atoms with E-state index in [-0.39, 0.29) is 5.97 Å². The average molecular weight is 302 g/mol. The first-order valence-electron chi connectivity index (χ1n) is 8.92. The van der Waals surface area contributed by atoms with E-state index in [0.29, 0.717) is 17.4 Å². The molecule has 0 aromatic heterocycles. The molecule has 0 N–H and O–H groups in total. The van der Waals surface area contributed by atoms with Gasteiger partial charge in [0.2, 0.25) is 0 Å². The van der Waals surface area contributed by atoms with Crippen molar-refractivity contribution in [1.82, 2.24) is 0 Å². The fraction of sp³-hybridized carbons (Fsp3) is 0.750. The Morgan fingerprint density at radius 2 is 2.00 bits per heavy atom. The Bertz CT molecular complexity index is 538. The Balaban J connectivity index is 1.85. The van der Waals surface area contributed by atoms with Gasteiger partial charge in [-0.05, 0) is 67.3 Å². The zero-order valence-electron chi connectivity index (χ0n) is 14.6. The topological polar surface area (TPSA) is 26.3 Å². The highest BCUT2D eigenvalue weighted by atomic mass is 16.5. The van der Waals surface area contributed by atoms with E-state index in [0.717, 1.165) is 18.8 Å². The van der Waals surface area contributed by atoms with E-state index in [1.807, 2.05) is 0 Å². The molecule has 0 radical (unpaired) electrons. The summed E-state index contributed by atoms with van der Waals surface area (Å²) >= 11 is 0. The first kappa shape index (κ1) is 15.8. The number of allylic oxidation sites excluding steroid dienone is 2. The third-order valence-electron chi connectivity index (χ3n) is 6.70. The number of rotatable bonds is 3. The van der Waals surface area contributed by atoms with Crippen LogP contribution in [0.5, 0.6) is 0 Å². The van der Waals surface area contributed by atoms with Crippen LogP contribution in [0, 0.1) is 16.7 Å². The number of cyclic esters (lactones) is 1. The molecular weight excluding hydrogens is 272 g/mol. The lowest BCUT2D eigenvalue weighted by Gasteiger charge is -2.50. The first-order valence-corrected chi connectivity index (χ1v) is 8.92. The van der Waals surface area contributed by atoms with E-state index < -0.39 is 0 Å². The number of carbonyl (C=O) groups is 1. The summed E-state index contributed by atoms with van der Waals surface area (Å²) in [7, 11) is 0. The maximum Gasteiger partial charge on any atom is 0.331 e. The maximum atomic E-state index is 11.3. The van der Waals surface area contributed by atoms with Gasteiger partial charge in [0, 0.05) is 6.08 Å². The van der Waals surface area contributed by atoms with E-state index in [4.69, 9.17) is 4.74 Å². The van der Waals surface area contributed by atoms with Crippen molar-refractivity contribution in [2.45, 2.75) is 72.6 Å². The molecule has 0 aromatic rings. The highest BCUT2D eigenvalue weighted by Gasteiger charge is 2.44. The minimum atomic E-state index is -0.157. The number of hydrogen-bond acceptors (Lipinski definition) is 2. The van der Waals surface area contributed by atoms with Crippen LogP contribution in [0.2, 0.25) is 0 Å². The summed E-state index contributed by atoms with van der Waals surface area (Å²) in [4.78, 5) is 11.3. The Labute approximate surface area is 135 Å². The summed E-state index contributed by atoms with van der Waals surface area (Å²) in [6, 6.07) is 0. The second-order valence-electron chi connectivity index (χ2n) is 8.46. The lowest BCUT2D eigenvalue weighted by molar-refractivity contribution is -0.134. The predicted octanol–water partition coefficient (Wildman–Crippen LogP) is 5.19. The molecule has 122 valence electrons. The van der Waals surface area contributed by atoms with Gasteiger partial charge in [-0.3, -0.25) is 0 Å². The molecule has 2 nitrogen and oxygen atoms in total. The maximum absolute atomic E-state index is 11.3. The summed E-state index contributed by atoms with van der Waals surface area (Å²) in [6.45, 7) is 10.3. The van der Waals surface area contributed by atoms with Crippen LogP contribution in [0.4, 0.5) is 0 Å². The molecule has 0 spiro atoms. The summed E-state index contributed by atoms with van der Waals surface area (Å²) in [5, 5.41) is 0. The predicted molar refractivity (Wildman–Crippen MR) is 89.4 cm³/mol. The van der Waals surface area contributed by atoms with Crippen molar-refractivity contribution >= 4 is 5.97 Å². The highest BCUT2D eigenvalue weighted by molar-refractivity contribution is 5.85. The molecular formula is C20H30O2. The van der Waals surface area contributed by atoms with Crippen molar-refractivity contribution in [1.29, 1.82) is 0 Å². The van der Waals surface area contributed by atoms with E-state index in [9.17, 15) is 4.79 Å². The monoisotopic (exact) mass is 302 g/mol. The summed E-state index contributed by atoms with van der Waals surface area (Å²) < 4.78 is 5.06. The molecule has 2 unspecified atom stereocenters. The van der Waals surface area contributed by atoms with Gasteiger partial charge in [-0.1, -0.05) is 38.8 Å². The molecule has 22 heavy (non-hydrogen) atoms. The van der Waals surface area contributed by atoms with Crippen molar-refractivity contribution in [3.05, 3.63) is 22.8 Å². The van der Waals surface area contributed by atoms with Crippen LogP contribution in [0.3, 0.4) is 0 Å². The van der Waals surface area contributed by atoms with Crippen molar-refractivity contribution in [2.24, 2.45) is 16.7 Å². The number of ether oxygens (including phenoxy) is 1. The second-order valence-corrected chi connectivity index (χ2v) is 8.46. The minimum absolute atomic E-state index is 0.157. The Morgan fingerprint density at radius 3 is 2.68 bits per heavy atom. The van der Waals surface area contributed by atoms with E-state index in [2.05, 4.69) is 27.7 Å². The number of carbonyl (C=O) groups excluding carboxylic acids is 1. The first-order chi connectivity index (χ1) is 10.3. The van der Waals surface area contributed by atoms with E-state index >= 15 is 0 Å². The second kappa shape index (κ2) is 5.54. The van der Waals surface area contributed by atoms with E-state index in [1.165, 1.54) is 37.7 Å². The largest absolute Gasteiger partial charge is 0.458 e. The van der Waals surface area contributed by atoms with Gasteiger partial charge < -0.3 is 4.74 Å². The molecule has 2 aliphatic carbocycles. The lowest BCUT2D eigenvalue weighted by atomic mass is 9.55. The molecule has 0 bridgehead atoms. The van der Waals surface area contributed by atoms with Crippen molar-refractivity contribution < 1.29 is 9.53 Å². The molecule has 1 aliphatic heterocycles. The Morgan fingerprint density at radius 1 is 1.23 bits per heavy atom. The standard InChI is InChI=1S/C20H30O2/c1-14-7-8-16-17(6-5-10-19(16,2)3)20(14,4)11-9-15-12-18(21)22-13-15/h12,14H,5-11,13H2,1-4H3. The Hall–Kier alpha value is -1.05. The minimum Gasteiger partial charge on any atom is -0.458 e. The van der Waals surface area contributed by atoms with Crippen LogP contribution in [0.15, 0.2) is 22.8 Å². The van der Waals surface area contributed by atoms with Crippen LogP contribution in [0.25, 0.3) is 0 Å². The van der Waals surface area contributed by atoms with Gasteiger partial charge in [0.05, 0.1) is 0 Å². The zero-order chi connectivity index (χ0) is 16.0. The van der Waals surface area contributed by atoms with Gasteiger partial charge in [0.15, 0.2) is 0 Å².